The second kappa shape index (κ2) is 3.70. The van der Waals surface area contributed by atoms with Gasteiger partial charge < -0.3 is 4.42 Å². The van der Waals surface area contributed by atoms with Gasteiger partial charge in [0.1, 0.15) is 11.3 Å². The summed E-state index contributed by atoms with van der Waals surface area (Å²) in [6, 6.07) is 8.31. The quantitative estimate of drug-likeness (QED) is 0.686. The molecule has 0 bridgehead atoms. The fourth-order valence-corrected chi connectivity index (χ4v) is 1.50. The van der Waals surface area contributed by atoms with Gasteiger partial charge in [0.15, 0.2) is 0 Å². The molecule has 1 aromatic heterocycles. The van der Waals surface area contributed by atoms with Gasteiger partial charge in [0, 0.05) is 5.39 Å². The van der Waals surface area contributed by atoms with E-state index in [0.29, 0.717) is 0 Å². The van der Waals surface area contributed by atoms with E-state index < -0.39 is 0 Å². The molecule has 1 nitrogen and oxygen atoms in total. The van der Waals surface area contributed by atoms with Crippen LogP contribution in [0.5, 0.6) is 0 Å². The second-order valence-corrected chi connectivity index (χ2v) is 3.50. The molecule has 0 aliphatic heterocycles. The van der Waals surface area contributed by atoms with Crippen molar-refractivity contribution in [3.05, 3.63) is 41.7 Å². The number of rotatable bonds is 2. The van der Waals surface area contributed by atoms with E-state index in [2.05, 4.69) is 38.1 Å². The predicted molar refractivity (Wildman–Crippen MR) is 60.3 cm³/mol. The number of hydrogen-bond donors (Lipinski definition) is 0. The summed E-state index contributed by atoms with van der Waals surface area (Å²) in [5, 5.41) is 1.18. The van der Waals surface area contributed by atoms with Gasteiger partial charge in [-0.05, 0) is 37.6 Å². The Balaban J connectivity index is 2.46. The summed E-state index contributed by atoms with van der Waals surface area (Å²) in [4.78, 5) is 0. The molecular weight excluding hydrogens is 172 g/mol. The van der Waals surface area contributed by atoms with Gasteiger partial charge in [-0.25, -0.2) is 0 Å². The highest BCUT2D eigenvalue weighted by atomic mass is 16.3. The lowest BCUT2D eigenvalue weighted by atomic mass is 10.2. The van der Waals surface area contributed by atoms with E-state index in [-0.39, 0.29) is 0 Å². The summed E-state index contributed by atoms with van der Waals surface area (Å²) in [7, 11) is 0. The zero-order chi connectivity index (χ0) is 9.97. The molecule has 0 amide bonds. The number of furan rings is 1. The van der Waals surface area contributed by atoms with Gasteiger partial charge >= 0.3 is 0 Å². The fourth-order valence-electron chi connectivity index (χ4n) is 1.50. The van der Waals surface area contributed by atoms with Crippen LogP contribution in [0.4, 0.5) is 0 Å². The van der Waals surface area contributed by atoms with Gasteiger partial charge in [-0.2, -0.15) is 0 Å². The molecule has 2 aromatic rings. The van der Waals surface area contributed by atoms with E-state index in [4.69, 9.17) is 4.42 Å². The normalized spacial score (nSPS) is 11.6. The average molecular weight is 186 g/mol. The Morgan fingerprint density at radius 1 is 1.29 bits per heavy atom. The summed E-state index contributed by atoms with van der Waals surface area (Å²) < 4.78 is 5.64. The predicted octanol–water partition coefficient (Wildman–Crippen LogP) is 4.16. The van der Waals surface area contributed by atoms with E-state index in [9.17, 15) is 0 Å². The molecule has 0 saturated heterocycles. The molecule has 14 heavy (non-hydrogen) atoms. The Kier molecular flexibility index (Phi) is 2.40. The highest BCUT2D eigenvalue weighted by Gasteiger charge is 1.99. The summed E-state index contributed by atoms with van der Waals surface area (Å²) in [5.41, 5.74) is 2.23. The zero-order valence-electron chi connectivity index (χ0n) is 8.58. The third-order valence-electron chi connectivity index (χ3n) is 2.21. The van der Waals surface area contributed by atoms with Gasteiger partial charge in [-0.3, -0.25) is 0 Å². The van der Waals surface area contributed by atoms with Crippen molar-refractivity contribution in [2.75, 3.05) is 0 Å². The van der Waals surface area contributed by atoms with Crippen LogP contribution in [0.25, 0.3) is 17.0 Å². The molecule has 0 aliphatic carbocycles. The number of aryl methyl sites for hydroxylation is 1. The Bertz CT molecular complexity index is 463. The Morgan fingerprint density at radius 3 is 2.93 bits per heavy atom. The Labute approximate surface area is 84.0 Å². The lowest BCUT2D eigenvalue weighted by Crippen LogP contribution is -1.67. The molecule has 0 saturated carbocycles. The van der Waals surface area contributed by atoms with Crippen molar-refractivity contribution < 1.29 is 4.42 Å². The summed E-state index contributed by atoms with van der Waals surface area (Å²) in [6.45, 7) is 4.21. The molecule has 0 radical (unpaired) electrons. The molecule has 0 N–H and O–H groups in total. The Morgan fingerprint density at radius 2 is 2.14 bits per heavy atom. The van der Waals surface area contributed by atoms with Gasteiger partial charge in [-0.1, -0.05) is 24.6 Å². The minimum atomic E-state index is 0.937. The van der Waals surface area contributed by atoms with Crippen LogP contribution >= 0.6 is 0 Å². The Hall–Kier alpha value is -1.50. The maximum Gasteiger partial charge on any atom is 0.134 e. The van der Waals surface area contributed by atoms with Gasteiger partial charge in [0.25, 0.3) is 0 Å². The highest BCUT2D eigenvalue weighted by Crippen LogP contribution is 2.21. The van der Waals surface area contributed by atoms with Crippen molar-refractivity contribution >= 4 is 17.0 Å². The second-order valence-electron chi connectivity index (χ2n) is 3.50. The van der Waals surface area contributed by atoms with E-state index in [1.807, 2.05) is 12.1 Å². The SMILES string of the molecule is CC/C=C/c1cc2cc(C)ccc2o1. The lowest BCUT2D eigenvalue weighted by Gasteiger charge is -1.89. The minimum absolute atomic E-state index is 0.937. The summed E-state index contributed by atoms with van der Waals surface area (Å²) in [5.74, 6) is 0.937. The summed E-state index contributed by atoms with van der Waals surface area (Å²) >= 11 is 0. The van der Waals surface area contributed by atoms with Crippen LogP contribution in [-0.4, -0.2) is 0 Å². The molecule has 2 rings (SSSR count). The number of hydrogen-bond acceptors (Lipinski definition) is 1. The van der Waals surface area contributed by atoms with Crippen LogP contribution in [0.2, 0.25) is 0 Å². The maximum atomic E-state index is 5.64. The van der Waals surface area contributed by atoms with Crippen molar-refractivity contribution in [2.24, 2.45) is 0 Å². The smallest absolute Gasteiger partial charge is 0.134 e. The van der Waals surface area contributed by atoms with E-state index in [1.165, 1.54) is 10.9 Å². The third-order valence-corrected chi connectivity index (χ3v) is 2.21. The van der Waals surface area contributed by atoms with Crippen molar-refractivity contribution in [3.8, 4) is 0 Å². The lowest BCUT2D eigenvalue weighted by molar-refractivity contribution is 0.604. The summed E-state index contributed by atoms with van der Waals surface area (Å²) in [6.07, 6.45) is 5.16. The van der Waals surface area contributed by atoms with Crippen LogP contribution in [0.3, 0.4) is 0 Å². The van der Waals surface area contributed by atoms with E-state index in [0.717, 1.165) is 17.8 Å². The first-order chi connectivity index (χ1) is 6.79. The first kappa shape index (κ1) is 9.07. The first-order valence-electron chi connectivity index (χ1n) is 4.96. The molecule has 72 valence electrons. The van der Waals surface area contributed by atoms with Crippen LogP contribution < -0.4 is 0 Å². The number of benzene rings is 1. The number of allylic oxidation sites excluding steroid dienone is 1. The molecule has 1 heterocycles. The van der Waals surface area contributed by atoms with Crippen LogP contribution in [0, 0.1) is 6.92 Å². The maximum absolute atomic E-state index is 5.64. The van der Waals surface area contributed by atoms with Crippen molar-refractivity contribution in [1.29, 1.82) is 0 Å². The van der Waals surface area contributed by atoms with Crippen molar-refractivity contribution in [2.45, 2.75) is 20.3 Å². The zero-order valence-corrected chi connectivity index (χ0v) is 8.58. The highest BCUT2D eigenvalue weighted by molar-refractivity contribution is 5.80. The van der Waals surface area contributed by atoms with Crippen LogP contribution in [0.1, 0.15) is 24.7 Å². The third kappa shape index (κ3) is 1.72. The largest absolute Gasteiger partial charge is 0.457 e. The van der Waals surface area contributed by atoms with Gasteiger partial charge in [0.05, 0.1) is 0 Å². The van der Waals surface area contributed by atoms with E-state index >= 15 is 0 Å². The van der Waals surface area contributed by atoms with Crippen molar-refractivity contribution in [1.82, 2.24) is 0 Å². The molecule has 0 aliphatic rings. The monoisotopic (exact) mass is 186 g/mol. The fraction of sp³-hybridized carbons (Fsp3) is 0.231. The minimum Gasteiger partial charge on any atom is -0.457 e. The molecule has 0 unspecified atom stereocenters. The topological polar surface area (TPSA) is 13.1 Å². The first-order valence-corrected chi connectivity index (χ1v) is 4.96. The molecule has 0 fully saturated rings. The molecule has 0 spiro atoms. The van der Waals surface area contributed by atoms with Gasteiger partial charge in [-0.15, -0.1) is 0 Å². The molecule has 1 heteroatoms. The molecular formula is C13H14O. The molecule has 1 aromatic carbocycles. The van der Waals surface area contributed by atoms with Crippen LogP contribution in [-0.2, 0) is 0 Å². The van der Waals surface area contributed by atoms with Crippen molar-refractivity contribution in [3.63, 3.8) is 0 Å². The van der Waals surface area contributed by atoms with Gasteiger partial charge in [0.2, 0.25) is 0 Å². The van der Waals surface area contributed by atoms with Crippen LogP contribution in [0.15, 0.2) is 34.8 Å². The van der Waals surface area contributed by atoms with E-state index in [1.54, 1.807) is 0 Å². The number of fused-ring (bicyclic) bond motifs is 1. The standard InChI is InChI=1S/C13H14O/c1-3-4-5-12-9-11-8-10(2)6-7-13(11)14-12/h4-9H,3H2,1-2H3/b5-4+. The average Bonchev–Trinajstić information content (AvgIpc) is 2.56. The molecule has 0 atom stereocenters.